The number of nitrogens with one attached hydrogen (secondary N) is 1. The molecule has 0 aliphatic heterocycles. The standard InChI is InChI=1S/C21H25N5O/c1-26(2)17-6-4-16(5-7-17)25-21-19-10-14(3-8-20(19)23-13-24-21)15-9-18(27)12-22-11-15/h3,8-13,16-17,27H,4-7H2,1-2H3,(H,23,24,25)/t16-,17-. The van der Waals surface area contributed by atoms with Crippen LogP contribution in [0, 0.1) is 0 Å². The van der Waals surface area contributed by atoms with Crippen LogP contribution in [-0.2, 0) is 0 Å². The molecule has 0 saturated heterocycles. The highest BCUT2D eigenvalue weighted by Gasteiger charge is 2.23. The van der Waals surface area contributed by atoms with Crippen molar-refractivity contribution in [2.75, 3.05) is 19.4 Å². The van der Waals surface area contributed by atoms with E-state index in [0.29, 0.717) is 12.1 Å². The van der Waals surface area contributed by atoms with Gasteiger partial charge in [-0.15, -0.1) is 0 Å². The van der Waals surface area contributed by atoms with Crippen molar-refractivity contribution in [2.24, 2.45) is 0 Å². The van der Waals surface area contributed by atoms with E-state index in [1.54, 1.807) is 18.6 Å². The SMILES string of the molecule is CN(C)[C@H]1CC[C@H](Nc2ncnc3ccc(-c4cncc(O)c4)cc23)CC1. The van der Waals surface area contributed by atoms with Gasteiger partial charge in [0.1, 0.15) is 17.9 Å². The molecule has 1 fully saturated rings. The predicted molar refractivity (Wildman–Crippen MR) is 108 cm³/mol. The number of rotatable bonds is 4. The first-order valence-corrected chi connectivity index (χ1v) is 9.42. The maximum atomic E-state index is 9.72. The van der Waals surface area contributed by atoms with Crippen molar-refractivity contribution in [3.05, 3.63) is 43.0 Å². The first-order chi connectivity index (χ1) is 13.1. The van der Waals surface area contributed by atoms with E-state index < -0.39 is 0 Å². The lowest BCUT2D eigenvalue weighted by molar-refractivity contribution is 0.221. The summed E-state index contributed by atoms with van der Waals surface area (Å²) in [4.78, 5) is 15.3. The number of hydrogen-bond donors (Lipinski definition) is 2. The molecule has 4 rings (SSSR count). The quantitative estimate of drug-likeness (QED) is 0.736. The summed E-state index contributed by atoms with van der Waals surface area (Å²) >= 11 is 0. The van der Waals surface area contributed by atoms with Gasteiger partial charge in [0.05, 0.1) is 11.7 Å². The van der Waals surface area contributed by atoms with E-state index in [4.69, 9.17) is 0 Å². The molecule has 27 heavy (non-hydrogen) atoms. The van der Waals surface area contributed by atoms with E-state index in [0.717, 1.165) is 40.7 Å². The maximum Gasteiger partial charge on any atom is 0.137 e. The van der Waals surface area contributed by atoms with Crippen molar-refractivity contribution in [1.29, 1.82) is 0 Å². The van der Waals surface area contributed by atoms with Gasteiger partial charge in [-0.25, -0.2) is 9.97 Å². The molecule has 0 atom stereocenters. The van der Waals surface area contributed by atoms with Gasteiger partial charge in [0.25, 0.3) is 0 Å². The molecule has 3 aromatic rings. The van der Waals surface area contributed by atoms with Crippen molar-refractivity contribution in [3.63, 3.8) is 0 Å². The Morgan fingerprint density at radius 3 is 2.56 bits per heavy atom. The fourth-order valence-electron chi connectivity index (χ4n) is 3.87. The minimum Gasteiger partial charge on any atom is -0.506 e. The van der Waals surface area contributed by atoms with Crippen molar-refractivity contribution < 1.29 is 5.11 Å². The minimum atomic E-state index is 0.160. The van der Waals surface area contributed by atoms with Crippen LogP contribution in [0.5, 0.6) is 5.75 Å². The van der Waals surface area contributed by atoms with Gasteiger partial charge < -0.3 is 15.3 Å². The highest BCUT2D eigenvalue weighted by atomic mass is 16.3. The van der Waals surface area contributed by atoms with Gasteiger partial charge in [-0.05, 0) is 63.5 Å². The average Bonchev–Trinajstić information content (AvgIpc) is 2.68. The summed E-state index contributed by atoms with van der Waals surface area (Å²) in [6.07, 6.45) is 9.49. The van der Waals surface area contributed by atoms with Crippen molar-refractivity contribution in [1.82, 2.24) is 19.9 Å². The molecule has 1 aliphatic rings. The van der Waals surface area contributed by atoms with E-state index in [9.17, 15) is 5.11 Å². The molecule has 0 unspecified atom stereocenters. The summed E-state index contributed by atoms with van der Waals surface area (Å²) < 4.78 is 0. The molecule has 1 saturated carbocycles. The number of anilines is 1. The Morgan fingerprint density at radius 1 is 1.00 bits per heavy atom. The van der Waals surface area contributed by atoms with Crippen LogP contribution >= 0.6 is 0 Å². The monoisotopic (exact) mass is 363 g/mol. The number of aromatic hydroxyl groups is 1. The van der Waals surface area contributed by atoms with Gasteiger partial charge >= 0.3 is 0 Å². The molecular formula is C21H25N5O. The zero-order valence-electron chi connectivity index (χ0n) is 15.8. The van der Waals surface area contributed by atoms with Crippen molar-refractivity contribution in [3.8, 4) is 16.9 Å². The number of aromatic nitrogens is 3. The number of nitrogens with zero attached hydrogens (tertiary/aromatic N) is 4. The predicted octanol–water partition coefficient (Wildman–Crippen LogP) is 3.68. The molecule has 2 heterocycles. The zero-order chi connectivity index (χ0) is 18.8. The summed E-state index contributed by atoms with van der Waals surface area (Å²) in [5.74, 6) is 1.04. The van der Waals surface area contributed by atoms with Gasteiger partial charge in [-0.3, -0.25) is 4.98 Å². The number of hydrogen-bond acceptors (Lipinski definition) is 6. The van der Waals surface area contributed by atoms with Crippen LogP contribution in [0.15, 0.2) is 43.0 Å². The lowest BCUT2D eigenvalue weighted by atomic mass is 9.90. The molecule has 2 N–H and O–H groups in total. The van der Waals surface area contributed by atoms with Crippen molar-refractivity contribution >= 4 is 16.7 Å². The molecule has 6 heteroatoms. The van der Waals surface area contributed by atoms with Gasteiger partial charge in [-0.1, -0.05) is 6.07 Å². The van der Waals surface area contributed by atoms with E-state index in [1.807, 2.05) is 12.1 Å². The molecule has 0 amide bonds. The second-order valence-corrected chi connectivity index (χ2v) is 7.50. The van der Waals surface area contributed by atoms with Crippen LogP contribution in [-0.4, -0.2) is 51.1 Å². The second kappa shape index (κ2) is 7.48. The first kappa shape index (κ1) is 17.7. The number of fused-ring (bicyclic) bond motifs is 1. The molecule has 140 valence electrons. The third-order valence-corrected chi connectivity index (χ3v) is 5.46. The normalized spacial score (nSPS) is 20.1. The topological polar surface area (TPSA) is 74.2 Å². The highest BCUT2D eigenvalue weighted by Crippen LogP contribution is 2.30. The van der Waals surface area contributed by atoms with E-state index in [2.05, 4.69) is 45.3 Å². The summed E-state index contributed by atoms with van der Waals surface area (Å²) in [6, 6.07) is 8.88. The summed E-state index contributed by atoms with van der Waals surface area (Å²) in [5, 5.41) is 14.3. The van der Waals surface area contributed by atoms with Gasteiger partial charge in [0, 0.05) is 29.2 Å². The summed E-state index contributed by atoms with van der Waals surface area (Å²) in [7, 11) is 4.32. The van der Waals surface area contributed by atoms with Gasteiger partial charge in [0.15, 0.2) is 0 Å². The van der Waals surface area contributed by atoms with Crippen LogP contribution in [0.1, 0.15) is 25.7 Å². The lowest BCUT2D eigenvalue weighted by Gasteiger charge is -2.33. The second-order valence-electron chi connectivity index (χ2n) is 7.50. The maximum absolute atomic E-state index is 9.72. The van der Waals surface area contributed by atoms with E-state index in [-0.39, 0.29) is 5.75 Å². The van der Waals surface area contributed by atoms with Crippen LogP contribution < -0.4 is 5.32 Å². The van der Waals surface area contributed by atoms with Crippen LogP contribution in [0.2, 0.25) is 0 Å². The molecule has 1 aliphatic carbocycles. The smallest absolute Gasteiger partial charge is 0.137 e. The molecule has 0 radical (unpaired) electrons. The third-order valence-electron chi connectivity index (χ3n) is 5.46. The first-order valence-electron chi connectivity index (χ1n) is 9.42. The van der Waals surface area contributed by atoms with Crippen LogP contribution in [0.25, 0.3) is 22.0 Å². The van der Waals surface area contributed by atoms with Gasteiger partial charge in [0.2, 0.25) is 0 Å². The average molecular weight is 363 g/mol. The Kier molecular flexibility index (Phi) is 4.90. The molecule has 0 spiro atoms. The molecule has 0 bridgehead atoms. The van der Waals surface area contributed by atoms with Crippen LogP contribution in [0.3, 0.4) is 0 Å². The highest BCUT2D eigenvalue weighted by molar-refractivity contribution is 5.92. The summed E-state index contributed by atoms with van der Waals surface area (Å²) in [6.45, 7) is 0. The van der Waals surface area contributed by atoms with Crippen LogP contribution in [0.4, 0.5) is 5.82 Å². The minimum absolute atomic E-state index is 0.160. The third kappa shape index (κ3) is 3.85. The molecular weight excluding hydrogens is 338 g/mol. The van der Waals surface area contributed by atoms with E-state index >= 15 is 0 Å². The largest absolute Gasteiger partial charge is 0.506 e. The Bertz CT molecular complexity index is 935. The van der Waals surface area contributed by atoms with Gasteiger partial charge in [-0.2, -0.15) is 0 Å². The Hall–Kier alpha value is -2.73. The molecule has 6 nitrogen and oxygen atoms in total. The van der Waals surface area contributed by atoms with Crippen molar-refractivity contribution in [2.45, 2.75) is 37.8 Å². The molecule has 2 aromatic heterocycles. The Morgan fingerprint density at radius 2 is 1.81 bits per heavy atom. The number of pyridine rings is 1. The number of benzene rings is 1. The van der Waals surface area contributed by atoms with E-state index in [1.165, 1.54) is 19.0 Å². The molecule has 1 aromatic carbocycles. The summed E-state index contributed by atoms with van der Waals surface area (Å²) in [5.41, 5.74) is 2.77. The zero-order valence-corrected chi connectivity index (χ0v) is 15.8. The Labute approximate surface area is 159 Å². The Balaban J connectivity index is 1.60. The fourth-order valence-corrected chi connectivity index (χ4v) is 3.87. The lowest BCUT2D eigenvalue weighted by Crippen LogP contribution is -2.36. The fraction of sp³-hybridized carbons (Fsp3) is 0.381.